The zero-order chi connectivity index (χ0) is 20.0. The monoisotopic (exact) mass is 395 g/mol. The van der Waals surface area contributed by atoms with Crippen molar-refractivity contribution in [2.45, 2.75) is 43.7 Å². The number of imidazole rings is 1. The summed E-state index contributed by atoms with van der Waals surface area (Å²) in [7, 11) is 1.42. The highest BCUT2D eigenvalue weighted by Gasteiger charge is 2.57. The average molecular weight is 395 g/mol. The van der Waals surface area contributed by atoms with Gasteiger partial charge in [0.15, 0.2) is 5.96 Å². The third-order valence-electron chi connectivity index (χ3n) is 3.95. The highest BCUT2D eigenvalue weighted by atomic mass is 32.2. The van der Waals surface area contributed by atoms with E-state index < -0.39 is 24.0 Å². The molecule has 0 aliphatic carbocycles. The smallest absolute Gasteiger partial charge is 0.374 e. The molecule has 0 amide bonds. The Morgan fingerprint density at radius 3 is 2.46 bits per heavy atom. The second-order valence-electron chi connectivity index (χ2n) is 6.56. The molecule has 1 aromatic rings. The van der Waals surface area contributed by atoms with Crippen LogP contribution in [0.1, 0.15) is 33.0 Å². The summed E-state index contributed by atoms with van der Waals surface area (Å²) >= 11 is 1.66. The molecule has 0 spiro atoms. The molecule has 3 N–H and O–H groups in total. The summed E-state index contributed by atoms with van der Waals surface area (Å²) in [6.45, 7) is 6.91. The van der Waals surface area contributed by atoms with Gasteiger partial charge >= 0.3 is 6.18 Å². The van der Waals surface area contributed by atoms with Crippen molar-refractivity contribution >= 4 is 17.7 Å². The van der Waals surface area contributed by atoms with Crippen LogP contribution in [-0.2, 0) is 12.6 Å². The molecule has 1 aromatic heterocycles. The third-order valence-corrected chi connectivity index (χ3v) is 5.19. The maximum atomic E-state index is 13.5. The Morgan fingerprint density at radius 1 is 1.35 bits per heavy atom. The first kappa shape index (κ1) is 22.6. The fraction of sp³-hybridized carbons (Fsp3) is 0.750. The summed E-state index contributed by atoms with van der Waals surface area (Å²) < 4.78 is 41.6. The van der Waals surface area contributed by atoms with Crippen molar-refractivity contribution in [2.75, 3.05) is 25.9 Å². The zero-order valence-corrected chi connectivity index (χ0v) is 16.6. The summed E-state index contributed by atoms with van der Waals surface area (Å²) in [6, 6.07) is 0. The Bertz CT molecular complexity index is 603. The number of aryl methyl sites for hydroxylation is 1. The van der Waals surface area contributed by atoms with Crippen molar-refractivity contribution in [2.24, 2.45) is 12.0 Å². The largest absolute Gasteiger partial charge is 0.424 e. The molecule has 6 nitrogen and oxygen atoms in total. The van der Waals surface area contributed by atoms with Crippen molar-refractivity contribution in [3.05, 3.63) is 18.2 Å². The lowest BCUT2D eigenvalue weighted by Crippen LogP contribution is -2.48. The van der Waals surface area contributed by atoms with E-state index in [0.717, 1.165) is 0 Å². The van der Waals surface area contributed by atoms with Crippen LogP contribution in [0.3, 0.4) is 0 Å². The standard InChI is InChI=1S/C16H28F3N5OS/c1-6-20-13(23-11-14(2,3)26-5)22-8-7-15(25,16(17,18)19)12-21-9-10-24(12)4/h9-10,25H,6-8,11H2,1-5H3,(H2,20,22,23). The molecule has 1 heterocycles. The first-order valence-corrected chi connectivity index (χ1v) is 9.53. The minimum Gasteiger partial charge on any atom is -0.374 e. The molecule has 0 aromatic carbocycles. The maximum Gasteiger partial charge on any atom is 0.424 e. The van der Waals surface area contributed by atoms with E-state index in [9.17, 15) is 18.3 Å². The van der Waals surface area contributed by atoms with Gasteiger partial charge in [-0.2, -0.15) is 24.9 Å². The van der Waals surface area contributed by atoms with Gasteiger partial charge in [-0.25, -0.2) is 4.98 Å². The molecule has 0 fully saturated rings. The molecular weight excluding hydrogens is 367 g/mol. The van der Waals surface area contributed by atoms with Crippen LogP contribution in [0.15, 0.2) is 17.4 Å². The van der Waals surface area contributed by atoms with Gasteiger partial charge in [0.05, 0.1) is 6.54 Å². The van der Waals surface area contributed by atoms with Crippen molar-refractivity contribution in [1.29, 1.82) is 0 Å². The van der Waals surface area contributed by atoms with E-state index in [0.29, 0.717) is 19.0 Å². The predicted octanol–water partition coefficient (Wildman–Crippen LogP) is 2.26. The Morgan fingerprint density at radius 2 is 2.00 bits per heavy atom. The maximum absolute atomic E-state index is 13.5. The Balaban J connectivity index is 2.85. The molecule has 1 rings (SSSR count). The number of halogens is 3. The van der Waals surface area contributed by atoms with Gasteiger partial charge in [-0.15, -0.1) is 0 Å². The molecule has 150 valence electrons. The number of aliphatic imine (C=N–C) groups is 1. The molecule has 0 aliphatic rings. The van der Waals surface area contributed by atoms with E-state index in [1.54, 1.807) is 11.8 Å². The molecule has 0 bridgehead atoms. The van der Waals surface area contributed by atoms with Crippen LogP contribution >= 0.6 is 11.8 Å². The molecule has 1 atom stereocenters. The lowest BCUT2D eigenvalue weighted by Gasteiger charge is -2.30. The number of aromatic nitrogens is 2. The van der Waals surface area contributed by atoms with Crippen LogP contribution in [0.4, 0.5) is 13.2 Å². The lowest BCUT2D eigenvalue weighted by molar-refractivity contribution is -0.272. The fourth-order valence-corrected chi connectivity index (χ4v) is 2.38. The van der Waals surface area contributed by atoms with Gasteiger partial charge in [0.1, 0.15) is 5.82 Å². The van der Waals surface area contributed by atoms with Crippen molar-refractivity contribution < 1.29 is 18.3 Å². The van der Waals surface area contributed by atoms with Crippen LogP contribution < -0.4 is 10.6 Å². The second kappa shape index (κ2) is 8.98. The second-order valence-corrected chi connectivity index (χ2v) is 8.07. The quantitative estimate of drug-likeness (QED) is 0.465. The van der Waals surface area contributed by atoms with Crippen LogP contribution in [-0.4, -0.2) is 57.4 Å². The molecule has 0 aliphatic heterocycles. The van der Waals surface area contributed by atoms with Gasteiger partial charge in [0.2, 0.25) is 5.60 Å². The van der Waals surface area contributed by atoms with Crippen LogP contribution in [0, 0.1) is 0 Å². The topological polar surface area (TPSA) is 74.5 Å². The molecule has 0 saturated heterocycles. The lowest BCUT2D eigenvalue weighted by atomic mass is 9.97. The third kappa shape index (κ3) is 5.80. The highest BCUT2D eigenvalue weighted by molar-refractivity contribution is 7.99. The van der Waals surface area contributed by atoms with Crippen molar-refractivity contribution in [3.63, 3.8) is 0 Å². The molecule has 26 heavy (non-hydrogen) atoms. The number of nitrogens with zero attached hydrogens (tertiary/aromatic N) is 3. The Labute approximate surface area is 156 Å². The number of hydrogen-bond acceptors (Lipinski definition) is 4. The fourth-order valence-electron chi connectivity index (χ4n) is 2.18. The van der Waals surface area contributed by atoms with Crippen LogP contribution in [0.25, 0.3) is 0 Å². The summed E-state index contributed by atoms with van der Waals surface area (Å²) in [4.78, 5) is 8.09. The zero-order valence-electron chi connectivity index (χ0n) is 15.8. The van der Waals surface area contributed by atoms with E-state index in [-0.39, 0.29) is 11.3 Å². The number of nitrogens with one attached hydrogen (secondary N) is 2. The van der Waals surface area contributed by atoms with Gasteiger partial charge in [0.25, 0.3) is 0 Å². The van der Waals surface area contributed by atoms with Gasteiger partial charge in [-0.05, 0) is 27.0 Å². The minimum atomic E-state index is -4.84. The SMILES string of the molecule is CCNC(=NCC(C)(C)SC)NCCC(O)(c1nccn1C)C(F)(F)F. The van der Waals surface area contributed by atoms with E-state index in [4.69, 9.17) is 0 Å². The Hall–Kier alpha value is -1.42. The predicted molar refractivity (Wildman–Crippen MR) is 99.4 cm³/mol. The minimum absolute atomic E-state index is 0.0813. The summed E-state index contributed by atoms with van der Waals surface area (Å²) in [6.07, 6.45) is -0.848. The van der Waals surface area contributed by atoms with Gasteiger partial charge in [-0.1, -0.05) is 0 Å². The van der Waals surface area contributed by atoms with Crippen molar-refractivity contribution in [3.8, 4) is 0 Å². The van der Waals surface area contributed by atoms with E-state index in [2.05, 4.69) is 20.6 Å². The molecule has 10 heteroatoms. The molecular formula is C16H28F3N5OS. The Kier molecular flexibility index (Phi) is 7.82. The van der Waals surface area contributed by atoms with E-state index in [1.807, 2.05) is 27.0 Å². The number of hydrogen-bond donors (Lipinski definition) is 3. The number of thioether (sulfide) groups is 1. The van der Waals surface area contributed by atoms with Crippen molar-refractivity contribution in [1.82, 2.24) is 20.2 Å². The number of guanidine groups is 1. The first-order valence-electron chi connectivity index (χ1n) is 8.31. The number of aliphatic hydroxyl groups is 1. The van der Waals surface area contributed by atoms with E-state index in [1.165, 1.54) is 24.0 Å². The summed E-state index contributed by atoms with van der Waals surface area (Å²) in [5, 5.41) is 16.2. The molecule has 0 saturated carbocycles. The number of alkyl halides is 3. The van der Waals surface area contributed by atoms with Crippen LogP contribution in [0.5, 0.6) is 0 Å². The number of rotatable bonds is 8. The first-order chi connectivity index (χ1) is 12.0. The highest BCUT2D eigenvalue weighted by Crippen LogP contribution is 2.40. The molecule has 1 unspecified atom stereocenters. The normalized spacial score (nSPS) is 15.7. The summed E-state index contributed by atoms with van der Waals surface area (Å²) in [5.41, 5.74) is -3.03. The van der Waals surface area contributed by atoms with E-state index >= 15 is 0 Å². The van der Waals surface area contributed by atoms with Gasteiger partial charge in [0, 0.05) is 43.7 Å². The van der Waals surface area contributed by atoms with Gasteiger partial charge in [-0.3, -0.25) is 4.99 Å². The molecule has 0 radical (unpaired) electrons. The summed E-state index contributed by atoms with van der Waals surface area (Å²) in [5.74, 6) is -0.0174. The van der Waals surface area contributed by atoms with Crippen LogP contribution in [0.2, 0.25) is 0 Å². The van der Waals surface area contributed by atoms with Gasteiger partial charge < -0.3 is 20.3 Å². The average Bonchev–Trinajstić information content (AvgIpc) is 2.98.